The molecule has 1 aliphatic heterocycles. The largest absolute Gasteiger partial charge is 0.383 e. The SMILES string of the molecule is NC1=NCc2c(Br)ccc(Cl)c21. The van der Waals surface area contributed by atoms with Gasteiger partial charge in [-0.2, -0.15) is 0 Å². The quantitative estimate of drug-likeness (QED) is 0.748. The van der Waals surface area contributed by atoms with E-state index in [2.05, 4.69) is 20.9 Å². The lowest BCUT2D eigenvalue weighted by Gasteiger charge is -2.03. The van der Waals surface area contributed by atoms with Crippen LogP contribution in [-0.4, -0.2) is 5.84 Å². The molecular formula is C8H6BrClN2. The lowest BCUT2D eigenvalue weighted by Crippen LogP contribution is -2.11. The van der Waals surface area contributed by atoms with Crippen molar-refractivity contribution in [3.63, 3.8) is 0 Å². The van der Waals surface area contributed by atoms with Crippen LogP contribution in [0.4, 0.5) is 0 Å². The minimum Gasteiger partial charge on any atom is -0.383 e. The Morgan fingerprint density at radius 3 is 2.92 bits per heavy atom. The van der Waals surface area contributed by atoms with Gasteiger partial charge in [-0.3, -0.25) is 4.99 Å². The molecule has 0 unspecified atom stereocenters. The van der Waals surface area contributed by atoms with Crippen LogP contribution in [0.1, 0.15) is 11.1 Å². The van der Waals surface area contributed by atoms with Crippen LogP contribution >= 0.6 is 27.5 Å². The second-order valence-corrected chi connectivity index (χ2v) is 3.85. The van der Waals surface area contributed by atoms with Crippen molar-refractivity contribution in [3.05, 3.63) is 32.8 Å². The van der Waals surface area contributed by atoms with Gasteiger partial charge in [0, 0.05) is 15.6 Å². The van der Waals surface area contributed by atoms with Crippen molar-refractivity contribution in [2.45, 2.75) is 6.54 Å². The van der Waals surface area contributed by atoms with Crippen molar-refractivity contribution >= 4 is 33.4 Å². The molecule has 2 N–H and O–H groups in total. The summed E-state index contributed by atoms with van der Waals surface area (Å²) in [4.78, 5) is 4.11. The highest BCUT2D eigenvalue weighted by Crippen LogP contribution is 2.30. The van der Waals surface area contributed by atoms with Crippen LogP contribution < -0.4 is 5.73 Å². The van der Waals surface area contributed by atoms with Crippen LogP contribution in [0.2, 0.25) is 5.02 Å². The first-order valence-electron chi connectivity index (χ1n) is 3.47. The van der Waals surface area contributed by atoms with Gasteiger partial charge in [-0.25, -0.2) is 0 Å². The van der Waals surface area contributed by atoms with Crippen molar-refractivity contribution in [2.75, 3.05) is 0 Å². The number of nitrogens with zero attached hydrogens (tertiary/aromatic N) is 1. The molecule has 0 atom stereocenters. The third kappa shape index (κ3) is 1.04. The average Bonchev–Trinajstić information content (AvgIpc) is 2.42. The van der Waals surface area contributed by atoms with Gasteiger partial charge < -0.3 is 5.73 Å². The zero-order valence-electron chi connectivity index (χ0n) is 6.14. The van der Waals surface area contributed by atoms with Crippen LogP contribution in [-0.2, 0) is 6.54 Å². The smallest absolute Gasteiger partial charge is 0.127 e. The first kappa shape index (κ1) is 8.08. The van der Waals surface area contributed by atoms with Gasteiger partial charge in [0.05, 0.1) is 11.6 Å². The monoisotopic (exact) mass is 244 g/mol. The van der Waals surface area contributed by atoms with E-state index in [-0.39, 0.29) is 0 Å². The van der Waals surface area contributed by atoms with E-state index in [1.54, 1.807) is 0 Å². The molecule has 2 rings (SSSR count). The second-order valence-electron chi connectivity index (χ2n) is 2.58. The van der Waals surface area contributed by atoms with Crippen LogP contribution in [0.25, 0.3) is 0 Å². The number of halogens is 2. The van der Waals surface area contributed by atoms with Crippen molar-refractivity contribution in [1.82, 2.24) is 0 Å². The number of aliphatic imine (C=N–C) groups is 1. The molecule has 0 aromatic heterocycles. The normalized spacial score (nSPS) is 14.3. The van der Waals surface area contributed by atoms with Crippen molar-refractivity contribution in [3.8, 4) is 0 Å². The lowest BCUT2D eigenvalue weighted by molar-refractivity contribution is 1.10. The number of rotatable bonds is 0. The first-order chi connectivity index (χ1) is 5.70. The molecule has 0 saturated carbocycles. The predicted octanol–water partition coefficient (Wildman–Crippen LogP) is 2.32. The van der Waals surface area contributed by atoms with Crippen molar-refractivity contribution in [1.29, 1.82) is 0 Å². The standard InChI is InChI=1S/C8H6BrClN2/c9-5-1-2-6(10)7-4(5)3-12-8(7)11/h1-2H,3H2,(H2,11,12). The lowest BCUT2D eigenvalue weighted by atomic mass is 10.1. The van der Waals surface area contributed by atoms with Gasteiger partial charge in [0.1, 0.15) is 5.84 Å². The maximum atomic E-state index is 5.95. The van der Waals surface area contributed by atoms with E-state index < -0.39 is 0 Å². The fourth-order valence-electron chi connectivity index (χ4n) is 1.27. The maximum Gasteiger partial charge on any atom is 0.127 e. The molecule has 0 saturated heterocycles. The van der Waals surface area contributed by atoms with E-state index in [0.717, 1.165) is 15.6 Å². The Hall–Kier alpha value is -0.540. The maximum absolute atomic E-state index is 5.95. The molecular weight excluding hydrogens is 239 g/mol. The Balaban J connectivity index is 2.71. The van der Waals surface area contributed by atoms with Gasteiger partial charge >= 0.3 is 0 Å². The zero-order chi connectivity index (χ0) is 8.72. The minimum absolute atomic E-state index is 0.538. The Morgan fingerprint density at radius 1 is 1.50 bits per heavy atom. The molecule has 0 bridgehead atoms. The van der Waals surface area contributed by atoms with E-state index in [1.165, 1.54) is 0 Å². The van der Waals surface area contributed by atoms with Gasteiger partial charge in [-0.1, -0.05) is 27.5 Å². The summed E-state index contributed by atoms with van der Waals surface area (Å²) in [5, 5.41) is 0.673. The minimum atomic E-state index is 0.538. The molecule has 0 radical (unpaired) electrons. The molecule has 4 heteroatoms. The summed E-state index contributed by atoms with van der Waals surface area (Å²) in [6.07, 6.45) is 0. The summed E-state index contributed by atoms with van der Waals surface area (Å²) in [6, 6.07) is 3.73. The second kappa shape index (κ2) is 2.75. The fraction of sp³-hybridized carbons (Fsp3) is 0.125. The molecule has 1 aromatic rings. The summed E-state index contributed by atoms with van der Waals surface area (Å²) in [5.41, 5.74) is 7.62. The molecule has 62 valence electrons. The molecule has 0 fully saturated rings. The van der Waals surface area contributed by atoms with Gasteiger partial charge in [-0.05, 0) is 12.1 Å². The highest BCUT2D eigenvalue weighted by Gasteiger charge is 2.18. The molecule has 0 spiro atoms. The summed E-state index contributed by atoms with van der Waals surface area (Å²) in [7, 11) is 0. The molecule has 1 aliphatic rings. The average molecular weight is 246 g/mol. The van der Waals surface area contributed by atoms with Crippen molar-refractivity contribution < 1.29 is 0 Å². The Bertz CT molecular complexity index is 374. The number of fused-ring (bicyclic) bond motifs is 1. The fourth-order valence-corrected chi connectivity index (χ4v) is 2.00. The van der Waals surface area contributed by atoms with E-state index in [4.69, 9.17) is 17.3 Å². The highest BCUT2D eigenvalue weighted by atomic mass is 79.9. The highest BCUT2D eigenvalue weighted by molar-refractivity contribution is 9.10. The topological polar surface area (TPSA) is 38.4 Å². The van der Waals surface area contributed by atoms with E-state index in [0.29, 0.717) is 17.4 Å². The zero-order valence-corrected chi connectivity index (χ0v) is 8.48. The number of benzene rings is 1. The summed E-state index contributed by atoms with van der Waals surface area (Å²) in [6.45, 7) is 0.627. The van der Waals surface area contributed by atoms with Gasteiger partial charge in [0.15, 0.2) is 0 Å². The molecule has 1 heterocycles. The van der Waals surface area contributed by atoms with E-state index >= 15 is 0 Å². The number of hydrogen-bond acceptors (Lipinski definition) is 2. The third-order valence-electron chi connectivity index (χ3n) is 1.87. The first-order valence-corrected chi connectivity index (χ1v) is 4.64. The van der Waals surface area contributed by atoms with Gasteiger partial charge in [0.25, 0.3) is 0 Å². The van der Waals surface area contributed by atoms with Crippen LogP contribution in [0.5, 0.6) is 0 Å². The number of hydrogen-bond donors (Lipinski definition) is 1. The van der Waals surface area contributed by atoms with Crippen LogP contribution in [0, 0.1) is 0 Å². The Morgan fingerprint density at radius 2 is 2.25 bits per heavy atom. The molecule has 0 aliphatic carbocycles. The Kier molecular flexibility index (Phi) is 1.85. The third-order valence-corrected chi connectivity index (χ3v) is 2.93. The van der Waals surface area contributed by atoms with Gasteiger partial charge in [0.2, 0.25) is 0 Å². The predicted molar refractivity (Wildman–Crippen MR) is 53.6 cm³/mol. The molecule has 12 heavy (non-hydrogen) atoms. The van der Waals surface area contributed by atoms with Crippen LogP contribution in [0.3, 0.4) is 0 Å². The van der Waals surface area contributed by atoms with E-state index in [1.807, 2.05) is 12.1 Å². The summed E-state index contributed by atoms with van der Waals surface area (Å²) < 4.78 is 1.02. The van der Waals surface area contributed by atoms with Gasteiger partial charge in [-0.15, -0.1) is 0 Å². The van der Waals surface area contributed by atoms with Crippen molar-refractivity contribution in [2.24, 2.45) is 10.7 Å². The molecule has 1 aromatic carbocycles. The van der Waals surface area contributed by atoms with Crippen LogP contribution in [0.15, 0.2) is 21.6 Å². The Labute approximate surface area is 83.6 Å². The molecule has 2 nitrogen and oxygen atoms in total. The number of amidine groups is 1. The number of nitrogens with two attached hydrogens (primary N) is 1. The summed E-state index contributed by atoms with van der Waals surface area (Å²) in [5.74, 6) is 0.538. The van der Waals surface area contributed by atoms with E-state index in [9.17, 15) is 0 Å². The molecule has 0 amide bonds. The summed E-state index contributed by atoms with van der Waals surface area (Å²) >= 11 is 9.38.